The van der Waals surface area contributed by atoms with E-state index in [1.807, 2.05) is 24.3 Å². The number of rotatable bonds is 5. The van der Waals surface area contributed by atoms with E-state index in [1.165, 1.54) is 11.3 Å². The number of fused-ring (bicyclic) bond motifs is 1. The zero-order valence-electron chi connectivity index (χ0n) is 14.9. The number of Topliss-reactive ketones (excluding diaryl/α,β-unsaturated/α-hetero) is 1. The molecule has 2 aromatic carbocycles. The molecule has 4 aromatic rings. The molecule has 2 heterocycles. The van der Waals surface area contributed by atoms with E-state index in [0.717, 1.165) is 4.88 Å². The molecular weight excluding hydrogens is 429 g/mol. The summed E-state index contributed by atoms with van der Waals surface area (Å²) in [6.45, 7) is -0.364. The first-order chi connectivity index (χ1) is 14.0. The van der Waals surface area contributed by atoms with Gasteiger partial charge >= 0.3 is 5.97 Å². The molecule has 0 spiro atoms. The number of esters is 1. The number of benzene rings is 2. The van der Waals surface area contributed by atoms with Gasteiger partial charge in [0.15, 0.2) is 12.4 Å². The second kappa shape index (κ2) is 8.33. The number of thiophene rings is 1. The minimum absolute atomic E-state index is 0.307. The van der Waals surface area contributed by atoms with Crippen molar-refractivity contribution >= 4 is 57.2 Å². The van der Waals surface area contributed by atoms with Gasteiger partial charge in [-0.2, -0.15) is 0 Å². The molecule has 29 heavy (non-hydrogen) atoms. The van der Waals surface area contributed by atoms with Crippen molar-refractivity contribution in [3.8, 4) is 10.6 Å². The number of nitrogens with zero attached hydrogens (tertiary/aromatic N) is 1. The van der Waals surface area contributed by atoms with Crippen LogP contribution < -0.4 is 0 Å². The van der Waals surface area contributed by atoms with Gasteiger partial charge in [0.05, 0.1) is 26.0 Å². The Morgan fingerprint density at radius 1 is 0.966 bits per heavy atom. The number of halogens is 2. The number of hydrogen-bond acceptors (Lipinski definition) is 5. The summed E-state index contributed by atoms with van der Waals surface area (Å²) in [5.41, 5.74) is 2.05. The Kier molecular flexibility index (Phi) is 5.62. The number of carbonyl (C=O) groups is 2. The van der Waals surface area contributed by atoms with Crippen LogP contribution in [0.15, 0.2) is 66.7 Å². The molecule has 0 fully saturated rings. The maximum atomic E-state index is 12.8. The average Bonchev–Trinajstić information content (AvgIpc) is 3.18. The van der Waals surface area contributed by atoms with Crippen molar-refractivity contribution in [1.82, 2.24) is 4.98 Å². The Labute approximate surface area is 180 Å². The minimum atomic E-state index is -0.588. The highest BCUT2D eigenvalue weighted by Crippen LogP contribution is 2.32. The predicted molar refractivity (Wildman–Crippen MR) is 116 cm³/mol. The topological polar surface area (TPSA) is 56.3 Å². The van der Waals surface area contributed by atoms with Crippen LogP contribution in [0.4, 0.5) is 0 Å². The summed E-state index contributed by atoms with van der Waals surface area (Å²) in [4.78, 5) is 30.5. The number of hydrogen-bond donors (Lipinski definition) is 0. The lowest BCUT2D eigenvalue weighted by molar-refractivity contribution is 0.0476. The van der Waals surface area contributed by atoms with Crippen LogP contribution in [-0.2, 0) is 4.74 Å². The molecular formula is C22H13Cl2NO3S. The summed E-state index contributed by atoms with van der Waals surface area (Å²) in [6.07, 6.45) is 0. The molecule has 0 saturated carbocycles. The van der Waals surface area contributed by atoms with E-state index in [1.54, 1.807) is 42.5 Å². The van der Waals surface area contributed by atoms with Crippen molar-refractivity contribution in [3.63, 3.8) is 0 Å². The smallest absolute Gasteiger partial charge is 0.339 e. The maximum absolute atomic E-state index is 12.8. The molecule has 0 bridgehead atoms. The first-order valence-electron chi connectivity index (χ1n) is 8.62. The molecule has 0 aliphatic carbocycles. The van der Waals surface area contributed by atoms with E-state index in [0.29, 0.717) is 37.1 Å². The molecule has 0 amide bonds. The highest BCUT2D eigenvalue weighted by atomic mass is 35.5. The van der Waals surface area contributed by atoms with Gasteiger partial charge in [-0.05, 0) is 48.5 Å². The lowest BCUT2D eigenvalue weighted by Crippen LogP contribution is -2.14. The van der Waals surface area contributed by atoms with Crippen LogP contribution in [-0.4, -0.2) is 23.3 Å². The second-order valence-electron chi connectivity index (χ2n) is 6.18. The molecule has 0 atom stereocenters. The first-order valence-corrected chi connectivity index (χ1v) is 10.2. The van der Waals surface area contributed by atoms with Crippen LogP contribution in [0.3, 0.4) is 0 Å². The van der Waals surface area contributed by atoms with Gasteiger partial charge in [-0.25, -0.2) is 9.78 Å². The predicted octanol–water partition coefficient (Wildman–Crippen LogP) is 6.31. The summed E-state index contributed by atoms with van der Waals surface area (Å²) in [5.74, 6) is -0.895. The second-order valence-corrected chi connectivity index (χ2v) is 8.33. The van der Waals surface area contributed by atoms with Gasteiger partial charge in [0.2, 0.25) is 0 Å². The normalized spacial score (nSPS) is 10.8. The molecule has 7 heteroatoms. The molecule has 0 N–H and O–H groups in total. The van der Waals surface area contributed by atoms with Crippen LogP contribution >= 0.6 is 34.5 Å². The van der Waals surface area contributed by atoms with Crippen molar-refractivity contribution in [2.45, 2.75) is 0 Å². The van der Waals surface area contributed by atoms with Crippen LogP contribution in [0.2, 0.25) is 9.36 Å². The van der Waals surface area contributed by atoms with Crippen molar-refractivity contribution < 1.29 is 14.3 Å². The van der Waals surface area contributed by atoms with Crippen LogP contribution in [0.1, 0.15) is 20.7 Å². The Bertz CT molecular complexity index is 1220. The van der Waals surface area contributed by atoms with Gasteiger partial charge in [-0.15, -0.1) is 11.3 Å². The Morgan fingerprint density at radius 2 is 1.72 bits per heavy atom. The number of pyridine rings is 1. The van der Waals surface area contributed by atoms with E-state index in [-0.39, 0.29) is 12.4 Å². The zero-order chi connectivity index (χ0) is 20.4. The lowest BCUT2D eigenvalue weighted by atomic mass is 10.1. The van der Waals surface area contributed by atoms with E-state index < -0.39 is 5.97 Å². The zero-order valence-corrected chi connectivity index (χ0v) is 17.2. The van der Waals surface area contributed by atoms with Crippen LogP contribution in [0, 0.1) is 0 Å². The number of para-hydroxylation sites is 1. The third-order valence-electron chi connectivity index (χ3n) is 4.26. The van der Waals surface area contributed by atoms with Gasteiger partial charge in [-0.1, -0.05) is 41.4 Å². The summed E-state index contributed by atoms with van der Waals surface area (Å²) in [6, 6.07) is 19.0. The SMILES string of the molecule is O=C(COC(=O)c1cc(-c2ccc(Cl)s2)nc2ccccc12)c1ccc(Cl)cc1. The number of ketones is 1. The fourth-order valence-electron chi connectivity index (χ4n) is 2.85. The summed E-state index contributed by atoms with van der Waals surface area (Å²) in [5, 5.41) is 1.19. The van der Waals surface area contributed by atoms with Crippen molar-refractivity contribution in [1.29, 1.82) is 0 Å². The third-order valence-corrected chi connectivity index (χ3v) is 5.77. The number of aromatic nitrogens is 1. The summed E-state index contributed by atoms with van der Waals surface area (Å²) in [7, 11) is 0. The Balaban J connectivity index is 1.62. The molecule has 144 valence electrons. The molecule has 4 nitrogen and oxygen atoms in total. The fraction of sp³-hybridized carbons (Fsp3) is 0.0455. The molecule has 2 aromatic heterocycles. The summed E-state index contributed by atoms with van der Waals surface area (Å²) < 4.78 is 5.94. The molecule has 0 radical (unpaired) electrons. The van der Waals surface area contributed by atoms with Gasteiger partial charge in [0.25, 0.3) is 0 Å². The van der Waals surface area contributed by atoms with Gasteiger partial charge in [0, 0.05) is 16.0 Å². The molecule has 0 aliphatic rings. The van der Waals surface area contributed by atoms with Crippen molar-refractivity contribution in [2.75, 3.05) is 6.61 Å². The van der Waals surface area contributed by atoms with E-state index in [9.17, 15) is 9.59 Å². The number of carbonyl (C=O) groups excluding carboxylic acids is 2. The molecule has 0 unspecified atom stereocenters. The van der Waals surface area contributed by atoms with Crippen molar-refractivity contribution in [3.05, 3.63) is 87.2 Å². The monoisotopic (exact) mass is 441 g/mol. The quantitative estimate of drug-likeness (QED) is 0.269. The Hall–Kier alpha value is -2.73. The summed E-state index contributed by atoms with van der Waals surface area (Å²) >= 11 is 13.2. The van der Waals surface area contributed by atoms with Gasteiger partial charge in [-0.3, -0.25) is 4.79 Å². The number of ether oxygens (including phenoxy) is 1. The molecule has 0 aliphatic heterocycles. The van der Waals surface area contributed by atoms with Crippen LogP contribution in [0.25, 0.3) is 21.5 Å². The van der Waals surface area contributed by atoms with E-state index in [2.05, 4.69) is 4.98 Å². The highest BCUT2D eigenvalue weighted by Gasteiger charge is 2.17. The van der Waals surface area contributed by atoms with Gasteiger partial charge in [0.1, 0.15) is 0 Å². The van der Waals surface area contributed by atoms with Crippen LogP contribution in [0.5, 0.6) is 0 Å². The van der Waals surface area contributed by atoms with E-state index in [4.69, 9.17) is 27.9 Å². The molecule has 0 saturated heterocycles. The van der Waals surface area contributed by atoms with Crippen molar-refractivity contribution in [2.24, 2.45) is 0 Å². The first kappa shape index (κ1) is 19.6. The minimum Gasteiger partial charge on any atom is -0.454 e. The standard InChI is InChI=1S/C22H13Cl2NO3S/c23-14-7-5-13(6-8-14)19(26)12-28-22(27)16-11-18(20-9-10-21(24)29-20)25-17-4-2-1-3-15(16)17/h1-11H,12H2. The largest absolute Gasteiger partial charge is 0.454 e. The Morgan fingerprint density at radius 3 is 2.45 bits per heavy atom. The highest BCUT2D eigenvalue weighted by molar-refractivity contribution is 7.19. The molecule has 4 rings (SSSR count). The van der Waals surface area contributed by atoms with Gasteiger partial charge < -0.3 is 4.74 Å². The maximum Gasteiger partial charge on any atom is 0.339 e. The van der Waals surface area contributed by atoms with E-state index >= 15 is 0 Å². The lowest BCUT2D eigenvalue weighted by Gasteiger charge is -2.09. The fourth-order valence-corrected chi connectivity index (χ4v) is 3.98. The average molecular weight is 442 g/mol. The third kappa shape index (κ3) is 4.32.